The number of nitrogens with two attached hydrogens (primary N) is 1. The Morgan fingerprint density at radius 3 is 2.33 bits per heavy atom. The Morgan fingerprint density at radius 1 is 1.08 bits per heavy atom. The number of fused-ring (bicyclic) bond motifs is 1. The monoisotopic (exact) mass is 550 g/mol. The van der Waals surface area contributed by atoms with Crippen LogP contribution in [0, 0.1) is 0 Å². The van der Waals surface area contributed by atoms with Crippen LogP contribution in [0.25, 0.3) is 11.2 Å². The van der Waals surface area contributed by atoms with Crippen molar-refractivity contribution in [2.75, 3.05) is 30.7 Å². The van der Waals surface area contributed by atoms with E-state index in [0.717, 1.165) is 11.1 Å². The molecule has 1 aromatic carbocycles. The first kappa shape index (κ1) is 30.7. The number of hydrogen-bond donors (Lipinski definition) is 5. The molecule has 2 aromatic heterocycles. The molecule has 3 aromatic rings. The van der Waals surface area contributed by atoms with Gasteiger partial charge in [-0.1, -0.05) is 24.3 Å². The van der Waals surface area contributed by atoms with Gasteiger partial charge in [0.2, 0.25) is 5.95 Å². The Labute approximate surface area is 247 Å². The van der Waals surface area contributed by atoms with Crippen LogP contribution in [0.5, 0.6) is 0 Å². The summed E-state index contributed by atoms with van der Waals surface area (Å²) in [6.45, 7) is 5.04. The SMILES string of the molecule is CCN(CC)C(=O)[C@H]1O[C@@H](n2cnc3c(N)nc(NCCc4ccc(CCC(=O)O)cc4)nc32)[C@H](O)[C@@H]1O.[Na]. The van der Waals surface area contributed by atoms with Crippen molar-refractivity contribution >= 4 is 64.4 Å². The van der Waals surface area contributed by atoms with Crippen LogP contribution in [0.15, 0.2) is 30.6 Å². The molecule has 1 saturated heterocycles. The maximum atomic E-state index is 12.8. The van der Waals surface area contributed by atoms with Crippen molar-refractivity contribution in [1.82, 2.24) is 24.4 Å². The van der Waals surface area contributed by atoms with Gasteiger partial charge in [0.25, 0.3) is 5.91 Å². The second-order valence-corrected chi connectivity index (χ2v) is 9.08. The van der Waals surface area contributed by atoms with Crippen molar-refractivity contribution in [3.63, 3.8) is 0 Å². The van der Waals surface area contributed by atoms with Gasteiger partial charge in [0, 0.05) is 55.6 Å². The third-order valence-electron chi connectivity index (χ3n) is 6.63. The molecule has 3 heterocycles. The zero-order valence-corrected chi connectivity index (χ0v) is 24.3. The first-order valence-corrected chi connectivity index (χ1v) is 12.6. The van der Waals surface area contributed by atoms with Crippen molar-refractivity contribution < 1.29 is 29.6 Å². The largest absolute Gasteiger partial charge is 0.481 e. The molecule has 39 heavy (non-hydrogen) atoms. The zero-order chi connectivity index (χ0) is 27.4. The molecular formula is C25H33N7NaO6. The maximum absolute atomic E-state index is 12.8. The number of carbonyl (C=O) groups excluding carboxylic acids is 1. The fraction of sp³-hybridized carbons (Fsp3) is 0.480. The normalized spacial score (nSPS) is 20.5. The smallest absolute Gasteiger partial charge is 0.303 e. The second-order valence-electron chi connectivity index (χ2n) is 9.08. The van der Waals surface area contributed by atoms with Crippen LogP contribution in [0.2, 0.25) is 0 Å². The van der Waals surface area contributed by atoms with E-state index >= 15 is 0 Å². The molecule has 4 atom stereocenters. The first-order chi connectivity index (χ1) is 18.2. The van der Waals surface area contributed by atoms with Crippen molar-refractivity contribution in [2.45, 2.75) is 57.6 Å². The number of anilines is 2. The van der Waals surface area contributed by atoms with Crippen LogP contribution in [0.4, 0.5) is 11.8 Å². The van der Waals surface area contributed by atoms with Crippen LogP contribution in [0.1, 0.15) is 37.6 Å². The topological polar surface area (TPSA) is 189 Å². The summed E-state index contributed by atoms with van der Waals surface area (Å²) in [5.74, 6) is -0.852. The zero-order valence-electron chi connectivity index (χ0n) is 22.3. The number of benzene rings is 1. The molecular weight excluding hydrogens is 517 g/mol. The van der Waals surface area contributed by atoms with E-state index in [-0.39, 0.29) is 53.4 Å². The number of nitrogens with one attached hydrogen (secondary N) is 1. The number of nitrogens with zero attached hydrogens (tertiary/aromatic N) is 5. The van der Waals surface area contributed by atoms with E-state index in [9.17, 15) is 19.8 Å². The van der Waals surface area contributed by atoms with Gasteiger partial charge in [0.1, 0.15) is 17.7 Å². The number of imidazole rings is 1. The third-order valence-corrected chi connectivity index (χ3v) is 6.63. The molecule has 0 bridgehead atoms. The molecule has 205 valence electrons. The minimum atomic E-state index is -1.42. The number of rotatable bonds is 11. The number of nitrogen functional groups attached to an aromatic ring is 1. The van der Waals surface area contributed by atoms with Crippen LogP contribution in [0.3, 0.4) is 0 Å². The maximum Gasteiger partial charge on any atom is 0.303 e. The molecule has 1 fully saturated rings. The van der Waals surface area contributed by atoms with Crippen LogP contribution >= 0.6 is 0 Å². The molecule has 1 aliphatic rings. The van der Waals surface area contributed by atoms with Gasteiger partial charge in [0.05, 0.1) is 6.33 Å². The van der Waals surface area contributed by atoms with E-state index in [4.69, 9.17) is 15.6 Å². The standard InChI is InChI=1S/C25H33N7O6.Na/c1-3-31(4-2)23(37)20-18(35)19(36)24(38-20)32-13-28-17-21(26)29-25(30-22(17)32)27-12-11-15-7-5-14(6-8-15)9-10-16(33)34;/h5-8,13,18-20,24,35-36H,3-4,9-12H2,1-2H3,(H,33,34)(H3,26,27,29,30);/t18-,19+,20-,24+;/m0./s1. The average molecular weight is 551 g/mol. The number of aliphatic carboxylic acids is 1. The average Bonchev–Trinajstić information content (AvgIpc) is 3.45. The fourth-order valence-electron chi connectivity index (χ4n) is 4.45. The van der Waals surface area contributed by atoms with Gasteiger partial charge in [-0.3, -0.25) is 14.2 Å². The second kappa shape index (κ2) is 13.5. The molecule has 4 rings (SSSR count). The van der Waals surface area contributed by atoms with Gasteiger partial charge in [-0.25, -0.2) is 4.98 Å². The van der Waals surface area contributed by atoms with Gasteiger partial charge in [-0.15, -0.1) is 0 Å². The number of likely N-dealkylation sites (N-methyl/N-ethyl adjacent to an activating group) is 1. The Hall–Kier alpha value is -2.81. The molecule has 1 radical (unpaired) electrons. The summed E-state index contributed by atoms with van der Waals surface area (Å²) in [4.78, 5) is 38.1. The van der Waals surface area contributed by atoms with E-state index in [1.54, 1.807) is 0 Å². The summed E-state index contributed by atoms with van der Waals surface area (Å²) in [7, 11) is 0. The number of amides is 1. The number of aromatic nitrogens is 4. The van der Waals surface area contributed by atoms with E-state index in [2.05, 4.69) is 20.3 Å². The number of carbonyl (C=O) groups is 2. The van der Waals surface area contributed by atoms with E-state index < -0.39 is 36.4 Å². The Kier molecular flexibility index (Phi) is 10.6. The summed E-state index contributed by atoms with van der Waals surface area (Å²) >= 11 is 0. The molecule has 0 aliphatic carbocycles. The van der Waals surface area contributed by atoms with Gasteiger partial charge >= 0.3 is 5.97 Å². The summed E-state index contributed by atoms with van der Waals surface area (Å²) in [6.07, 6.45) is -2.51. The van der Waals surface area contributed by atoms with Gasteiger partial charge < -0.3 is 36.0 Å². The van der Waals surface area contributed by atoms with Gasteiger partial charge in [0.15, 0.2) is 23.8 Å². The van der Waals surface area contributed by atoms with Crippen molar-refractivity contribution in [2.24, 2.45) is 0 Å². The Bertz CT molecular complexity index is 1280. The third kappa shape index (κ3) is 6.86. The minimum absolute atomic E-state index is 0. The van der Waals surface area contributed by atoms with Crippen molar-refractivity contribution in [3.8, 4) is 0 Å². The number of aliphatic hydroxyl groups is 2. The summed E-state index contributed by atoms with van der Waals surface area (Å²) in [6, 6.07) is 7.73. The number of hydrogen-bond acceptors (Lipinski definition) is 10. The van der Waals surface area contributed by atoms with Crippen LogP contribution in [-0.2, 0) is 27.2 Å². The Balaban J connectivity index is 0.00000420. The predicted molar refractivity (Wildman–Crippen MR) is 144 cm³/mol. The van der Waals surface area contributed by atoms with Crippen molar-refractivity contribution in [3.05, 3.63) is 41.7 Å². The van der Waals surface area contributed by atoms with E-state index in [0.29, 0.717) is 38.0 Å². The van der Waals surface area contributed by atoms with Gasteiger partial charge in [-0.2, -0.15) is 9.97 Å². The van der Waals surface area contributed by atoms with Gasteiger partial charge in [-0.05, 0) is 37.8 Å². The summed E-state index contributed by atoms with van der Waals surface area (Å²) in [5.41, 5.74) is 8.71. The molecule has 0 saturated carbocycles. The molecule has 1 aliphatic heterocycles. The molecule has 14 heteroatoms. The molecule has 13 nitrogen and oxygen atoms in total. The van der Waals surface area contributed by atoms with Crippen molar-refractivity contribution in [1.29, 1.82) is 0 Å². The number of carboxylic acid groups (broad SMARTS) is 1. The number of aryl methyl sites for hydroxylation is 1. The molecule has 6 N–H and O–H groups in total. The first-order valence-electron chi connectivity index (χ1n) is 12.6. The molecule has 0 spiro atoms. The predicted octanol–water partition coefficient (Wildman–Crippen LogP) is 0.187. The number of ether oxygens (including phenoxy) is 1. The minimum Gasteiger partial charge on any atom is -0.481 e. The quantitative estimate of drug-likeness (QED) is 0.205. The van der Waals surface area contributed by atoms with E-state index in [1.165, 1.54) is 15.8 Å². The van der Waals surface area contributed by atoms with Crippen LogP contribution < -0.4 is 11.1 Å². The summed E-state index contributed by atoms with van der Waals surface area (Å²) in [5, 5.41) is 33.2. The fourth-order valence-corrected chi connectivity index (χ4v) is 4.45. The number of aliphatic hydroxyl groups excluding tert-OH is 2. The molecule has 1 amide bonds. The molecule has 0 unspecified atom stereocenters. The van der Waals surface area contributed by atoms with Crippen LogP contribution in [-0.4, -0.2) is 119 Å². The summed E-state index contributed by atoms with van der Waals surface area (Å²) < 4.78 is 7.26. The number of carboxylic acids is 1. The van der Waals surface area contributed by atoms with E-state index in [1.807, 2.05) is 38.1 Å². The Morgan fingerprint density at radius 2 is 1.72 bits per heavy atom.